The highest BCUT2D eigenvalue weighted by molar-refractivity contribution is 9.10. The van der Waals surface area contributed by atoms with E-state index >= 15 is 0 Å². The van der Waals surface area contributed by atoms with Crippen molar-refractivity contribution < 1.29 is 0 Å². The molecule has 2 rings (SSSR count). The molecule has 3 nitrogen and oxygen atoms in total. The van der Waals surface area contributed by atoms with Gasteiger partial charge in [0.2, 0.25) is 0 Å². The molecule has 0 radical (unpaired) electrons. The number of fused-ring (bicyclic) bond motifs is 1. The van der Waals surface area contributed by atoms with Gasteiger partial charge in [0.1, 0.15) is 4.60 Å². The van der Waals surface area contributed by atoms with Crippen molar-refractivity contribution in [3.63, 3.8) is 0 Å². The standard InChI is InChI=1S/C11H14BrN3/c1-7(13-2)8-5-4-6-9-10(8)11(12)15(3)14-9/h4-7,13H,1-3H3. The van der Waals surface area contributed by atoms with Crippen molar-refractivity contribution in [2.75, 3.05) is 7.05 Å². The van der Waals surface area contributed by atoms with Crippen LogP contribution in [0.2, 0.25) is 0 Å². The van der Waals surface area contributed by atoms with Crippen LogP contribution >= 0.6 is 15.9 Å². The molecule has 0 amide bonds. The van der Waals surface area contributed by atoms with Crippen molar-refractivity contribution in [1.29, 1.82) is 0 Å². The molecule has 2 aromatic rings. The van der Waals surface area contributed by atoms with Gasteiger partial charge in [0.25, 0.3) is 0 Å². The van der Waals surface area contributed by atoms with Crippen LogP contribution < -0.4 is 5.32 Å². The van der Waals surface area contributed by atoms with Crippen LogP contribution in [0.3, 0.4) is 0 Å². The first-order valence-corrected chi connectivity index (χ1v) is 5.73. The second-order valence-electron chi connectivity index (χ2n) is 3.67. The maximum Gasteiger partial charge on any atom is 0.111 e. The molecule has 15 heavy (non-hydrogen) atoms. The van der Waals surface area contributed by atoms with E-state index in [9.17, 15) is 0 Å². The van der Waals surface area contributed by atoms with Gasteiger partial charge in [0, 0.05) is 18.5 Å². The predicted octanol–water partition coefficient (Wildman–Crippen LogP) is 2.62. The summed E-state index contributed by atoms with van der Waals surface area (Å²) in [6.45, 7) is 2.15. The first kappa shape index (κ1) is 10.6. The largest absolute Gasteiger partial charge is 0.313 e. The zero-order valence-electron chi connectivity index (χ0n) is 9.08. The summed E-state index contributed by atoms with van der Waals surface area (Å²) >= 11 is 3.57. The maximum absolute atomic E-state index is 4.43. The molecule has 4 heteroatoms. The fourth-order valence-electron chi connectivity index (χ4n) is 1.75. The first-order valence-electron chi connectivity index (χ1n) is 4.93. The molecule has 1 aromatic heterocycles. The quantitative estimate of drug-likeness (QED) is 0.907. The first-order chi connectivity index (χ1) is 7.15. The highest BCUT2D eigenvalue weighted by Crippen LogP contribution is 2.29. The zero-order valence-corrected chi connectivity index (χ0v) is 10.7. The summed E-state index contributed by atoms with van der Waals surface area (Å²) in [5.74, 6) is 0. The molecule has 0 saturated heterocycles. The third kappa shape index (κ3) is 1.68. The monoisotopic (exact) mass is 267 g/mol. The summed E-state index contributed by atoms with van der Waals surface area (Å²) < 4.78 is 2.89. The number of nitrogens with one attached hydrogen (secondary N) is 1. The molecule has 1 heterocycles. The highest BCUT2D eigenvalue weighted by Gasteiger charge is 2.13. The summed E-state index contributed by atoms with van der Waals surface area (Å²) in [6.07, 6.45) is 0. The normalized spacial score (nSPS) is 13.3. The van der Waals surface area contributed by atoms with Gasteiger partial charge in [0.15, 0.2) is 0 Å². The van der Waals surface area contributed by atoms with Crippen LogP contribution in [0.5, 0.6) is 0 Å². The van der Waals surface area contributed by atoms with Crippen molar-refractivity contribution in [3.8, 4) is 0 Å². The van der Waals surface area contributed by atoms with Gasteiger partial charge in [-0.1, -0.05) is 12.1 Å². The lowest BCUT2D eigenvalue weighted by atomic mass is 10.0. The van der Waals surface area contributed by atoms with Crippen LogP contribution in [0.15, 0.2) is 22.8 Å². The van der Waals surface area contributed by atoms with Crippen molar-refractivity contribution in [1.82, 2.24) is 15.1 Å². The summed E-state index contributed by atoms with van der Waals surface area (Å²) in [5.41, 5.74) is 2.30. The van der Waals surface area contributed by atoms with Gasteiger partial charge in [-0.25, -0.2) is 0 Å². The molecular formula is C11H14BrN3. The van der Waals surface area contributed by atoms with E-state index in [2.05, 4.69) is 39.3 Å². The number of benzene rings is 1. The topological polar surface area (TPSA) is 29.9 Å². The van der Waals surface area contributed by atoms with Gasteiger partial charge in [0.05, 0.1) is 5.52 Å². The van der Waals surface area contributed by atoms with Crippen molar-refractivity contribution in [2.24, 2.45) is 7.05 Å². The lowest BCUT2D eigenvalue weighted by molar-refractivity contribution is 0.657. The number of aromatic nitrogens is 2. The van der Waals surface area contributed by atoms with Gasteiger partial charge < -0.3 is 5.32 Å². The van der Waals surface area contributed by atoms with E-state index in [0.29, 0.717) is 6.04 Å². The van der Waals surface area contributed by atoms with Crippen LogP contribution in [0.4, 0.5) is 0 Å². The minimum absolute atomic E-state index is 0.328. The minimum Gasteiger partial charge on any atom is -0.313 e. The molecule has 1 atom stereocenters. The highest BCUT2D eigenvalue weighted by atomic mass is 79.9. The Kier molecular flexibility index (Phi) is 2.80. The minimum atomic E-state index is 0.328. The van der Waals surface area contributed by atoms with E-state index in [4.69, 9.17) is 0 Å². The molecule has 0 fully saturated rings. The van der Waals surface area contributed by atoms with Crippen LogP contribution in [-0.2, 0) is 7.05 Å². The Balaban J connectivity index is 2.74. The molecule has 1 aromatic carbocycles. The maximum atomic E-state index is 4.43. The molecule has 0 aliphatic rings. The third-order valence-corrected chi connectivity index (χ3v) is 3.63. The van der Waals surface area contributed by atoms with E-state index < -0.39 is 0 Å². The summed E-state index contributed by atoms with van der Waals surface area (Å²) in [4.78, 5) is 0. The molecule has 1 unspecified atom stereocenters. The van der Waals surface area contributed by atoms with Gasteiger partial charge in [-0.2, -0.15) is 5.10 Å². The van der Waals surface area contributed by atoms with Crippen LogP contribution in [0, 0.1) is 0 Å². The fourth-order valence-corrected chi connectivity index (χ4v) is 2.26. The Morgan fingerprint density at radius 2 is 2.20 bits per heavy atom. The molecule has 0 bridgehead atoms. The lowest BCUT2D eigenvalue weighted by Crippen LogP contribution is -2.12. The Labute approximate surface area is 97.6 Å². The SMILES string of the molecule is CNC(C)c1cccc2nn(C)c(Br)c12. The molecule has 0 aliphatic heterocycles. The molecule has 0 spiro atoms. The van der Waals surface area contributed by atoms with Gasteiger partial charge in [-0.05, 0) is 41.5 Å². The summed E-state index contributed by atoms with van der Waals surface area (Å²) in [7, 11) is 3.91. The predicted molar refractivity (Wildman–Crippen MR) is 65.9 cm³/mol. The Bertz CT molecular complexity index is 490. The Morgan fingerprint density at radius 3 is 2.87 bits per heavy atom. The number of halogens is 1. The van der Waals surface area contributed by atoms with E-state index in [1.165, 1.54) is 10.9 Å². The Morgan fingerprint density at radius 1 is 1.47 bits per heavy atom. The average molecular weight is 268 g/mol. The number of nitrogens with zero attached hydrogens (tertiary/aromatic N) is 2. The van der Waals surface area contributed by atoms with E-state index in [1.807, 2.05) is 30.9 Å². The van der Waals surface area contributed by atoms with Crippen LogP contribution in [0.1, 0.15) is 18.5 Å². The molecule has 1 N–H and O–H groups in total. The number of hydrogen-bond acceptors (Lipinski definition) is 2. The summed E-state index contributed by atoms with van der Waals surface area (Å²) in [6, 6.07) is 6.54. The van der Waals surface area contributed by atoms with E-state index in [1.54, 1.807) is 0 Å². The lowest BCUT2D eigenvalue weighted by Gasteiger charge is -2.11. The third-order valence-electron chi connectivity index (χ3n) is 2.72. The van der Waals surface area contributed by atoms with Crippen LogP contribution in [-0.4, -0.2) is 16.8 Å². The molecule has 0 aliphatic carbocycles. The average Bonchev–Trinajstić information content (AvgIpc) is 2.54. The van der Waals surface area contributed by atoms with Gasteiger partial charge in [-0.15, -0.1) is 0 Å². The number of rotatable bonds is 2. The second kappa shape index (κ2) is 3.94. The molecule has 0 saturated carbocycles. The van der Waals surface area contributed by atoms with Crippen molar-refractivity contribution in [2.45, 2.75) is 13.0 Å². The number of aryl methyl sites for hydroxylation is 1. The smallest absolute Gasteiger partial charge is 0.111 e. The molecular weight excluding hydrogens is 254 g/mol. The van der Waals surface area contributed by atoms with Gasteiger partial charge in [-0.3, -0.25) is 4.68 Å². The molecule has 80 valence electrons. The van der Waals surface area contributed by atoms with Crippen molar-refractivity contribution in [3.05, 3.63) is 28.4 Å². The van der Waals surface area contributed by atoms with Crippen LogP contribution in [0.25, 0.3) is 10.9 Å². The fraction of sp³-hybridized carbons (Fsp3) is 0.364. The van der Waals surface area contributed by atoms with E-state index in [0.717, 1.165) is 10.1 Å². The Hall–Kier alpha value is -0.870. The zero-order chi connectivity index (χ0) is 11.0. The second-order valence-corrected chi connectivity index (χ2v) is 4.42. The van der Waals surface area contributed by atoms with E-state index in [-0.39, 0.29) is 0 Å². The van der Waals surface area contributed by atoms with Crippen molar-refractivity contribution >= 4 is 26.8 Å². The number of hydrogen-bond donors (Lipinski definition) is 1. The van der Waals surface area contributed by atoms with Gasteiger partial charge >= 0.3 is 0 Å². The summed E-state index contributed by atoms with van der Waals surface area (Å²) in [5, 5.41) is 8.88.